The maximum atomic E-state index is 14.1. The first-order valence-electron chi connectivity index (χ1n) is 5.88. The Bertz CT molecular complexity index is 422. The number of nitrogens with zero attached hydrogens (tertiary/aromatic N) is 3. The number of aliphatic hydroxyl groups excluding tert-OH is 1. The van der Waals surface area contributed by atoms with Gasteiger partial charge >= 0.3 is 0 Å². The van der Waals surface area contributed by atoms with Gasteiger partial charge in [-0.15, -0.1) is 0 Å². The van der Waals surface area contributed by atoms with Crippen molar-refractivity contribution >= 4 is 5.82 Å². The zero-order valence-electron chi connectivity index (χ0n) is 10.4. The highest BCUT2D eigenvalue weighted by atomic mass is 19.1. The van der Waals surface area contributed by atoms with Crippen molar-refractivity contribution in [3.05, 3.63) is 17.8 Å². The molecule has 2 heterocycles. The first kappa shape index (κ1) is 12.2. The monoisotopic (exact) mass is 239 g/mol. The fraction of sp³-hybridized carbons (Fsp3) is 0.667. The highest BCUT2D eigenvalue weighted by molar-refractivity contribution is 5.43. The summed E-state index contributed by atoms with van der Waals surface area (Å²) in [7, 11) is 0. The molecule has 1 aliphatic rings. The molecule has 1 saturated heterocycles. The molecule has 1 aliphatic heterocycles. The molecule has 94 valence electrons. The van der Waals surface area contributed by atoms with Crippen molar-refractivity contribution in [1.29, 1.82) is 0 Å². The third-order valence-corrected chi connectivity index (χ3v) is 3.37. The second kappa shape index (κ2) is 4.22. The number of halogens is 1. The van der Waals surface area contributed by atoms with Gasteiger partial charge in [-0.05, 0) is 6.42 Å². The van der Waals surface area contributed by atoms with E-state index in [1.807, 2.05) is 20.8 Å². The second-order valence-electron chi connectivity index (χ2n) is 5.20. The Morgan fingerprint density at radius 3 is 2.76 bits per heavy atom. The number of aliphatic hydroxyl groups is 1. The summed E-state index contributed by atoms with van der Waals surface area (Å²) in [6.45, 7) is 6.82. The Morgan fingerprint density at radius 1 is 1.53 bits per heavy atom. The topological polar surface area (TPSA) is 49.2 Å². The van der Waals surface area contributed by atoms with Crippen LogP contribution >= 0.6 is 0 Å². The van der Waals surface area contributed by atoms with E-state index in [4.69, 9.17) is 0 Å². The molecule has 17 heavy (non-hydrogen) atoms. The molecule has 1 atom stereocenters. The van der Waals surface area contributed by atoms with E-state index in [0.717, 1.165) is 0 Å². The van der Waals surface area contributed by atoms with E-state index in [1.54, 1.807) is 4.90 Å². The molecule has 2 rings (SSSR count). The molecule has 0 aliphatic carbocycles. The molecule has 1 aromatic rings. The van der Waals surface area contributed by atoms with Crippen molar-refractivity contribution in [2.24, 2.45) is 5.41 Å². The predicted octanol–water partition coefficient (Wildman–Crippen LogP) is 1.39. The van der Waals surface area contributed by atoms with Crippen molar-refractivity contribution in [1.82, 2.24) is 9.97 Å². The van der Waals surface area contributed by atoms with Crippen molar-refractivity contribution in [3.8, 4) is 0 Å². The Kier molecular flexibility index (Phi) is 3.03. The Hall–Kier alpha value is -1.23. The van der Waals surface area contributed by atoms with Crippen molar-refractivity contribution in [2.45, 2.75) is 33.3 Å². The van der Waals surface area contributed by atoms with Crippen LogP contribution in [0.15, 0.2) is 6.33 Å². The SMILES string of the molecule is CCc1ncnc(N2C[C@@H](O)C(C)(C)C2)c1F. The highest BCUT2D eigenvalue weighted by Crippen LogP contribution is 2.33. The molecule has 1 aromatic heterocycles. The maximum absolute atomic E-state index is 14.1. The number of aryl methyl sites for hydroxylation is 1. The molecule has 0 radical (unpaired) electrons. The van der Waals surface area contributed by atoms with E-state index in [-0.39, 0.29) is 11.2 Å². The summed E-state index contributed by atoms with van der Waals surface area (Å²) in [5.41, 5.74) is 0.193. The zero-order valence-corrected chi connectivity index (χ0v) is 10.4. The minimum Gasteiger partial charge on any atom is -0.391 e. The molecule has 0 amide bonds. The Labute approximate surface area is 101 Å². The summed E-state index contributed by atoms with van der Waals surface area (Å²) in [5, 5.41) is 9.90. The van der Waals surface area contributed by atoms with Crippen LogP contribution in [0.3, 0.4) is 0 Å². The molecule has 0 unspecified atom stereocenters. The van der Waals surface area contributed by atoms with Crippen molar-refractivity contribution in [2.75, 3.05) is 18.0 Å². The number of hydrogen-bond donors (Lipinski definition) is 1. The molecular formula is C12H18FN3O. The molecule has 4 nitrogen and oxygen atoms in total. The summed E-state index contributed by atoms with van der Waals surface area (Å²) in [5.74, 6) is -0.0543. The number of aromatic nitrogens is 2. The average Bonchev–Trinajstić information content (AvgIpc) is 2.53. The summed E-state index contributed by atoms with van der Waals surface area (Å²) in [6, 6.07) is 0. The third kappa shape index (κ3) is 2.11. The summed E-state index contributed by atoms with van der Waals surface area (Å²) in [4.78, 5) is 9.70. The van der Waals surface area contributed by atoms with Gasteiger partial charge in [-0.1, -0.05) is 20.8 Å². The summed E-state index contributed by atoms with van der Waals surface area (Å²) in [6.07, 6.45) is 1.47. The molecular weight excluding hydrogens is 221 g/mol. The molecule has 1 fully saturated rings. The van der Waals surface area contributed by atoms with Crippen LogP contribution in [0.2, 0.25) is 0 Å². The van der Waals surface area contributed by atoms with Crippen LogP contribution in [-0.2, 0) is 6.42 Å². The maximum Gasteiger partial charge on any atom is 0.187 e. The van der Waals surface area contributed by atoms with Gasteiger partial charge in [-0.2, -0.15) is 0 Å². The zero-order chi connectivity index (χ0) is 12.6. The van der Waals surface area contributed by atoms with E-state index >= 15 is 0 Å². The normalized spacial score (nSPS) is 23.1. The lowest BCUT2D eigenvalue weighted by molar-refractivity contribution is 0.0964. The lowest BCUT2D eigenvalue weighted by Gasteiger charge is -2.21. The minimum atomic E-state index is -0.457. The van der Waals surface area contributed by atoms with Crippen LogP contribution in [0.25, 0.3) is 0 Å². The van der Waals surface area contributed by atoms with Crippen molar-refractivity contribution < 1.29 is 9.50 Å². The first-order chi connectivity index (χ1) is 7.95. The lowest BCUT2D eigenvalue weighted by atomic mass is 9.90. The summed E-state index contributed by atoms with van der Waals surface area (Å²) < 4.78 is 14.1. The van der Waals surface area contributed by atoms with Gasteiger partial charge in [0.1, 0.15) is 6.33 Å². The van der Waals surface area contributed by atoms with Gasteiger partial charge in [0.05, 0.1) is 11.8 Å². The van der Waals surface area contributed by atoms with Crippen LogP contribution in [0.4, 0.5) is 10.2 Å². The van der Waals surface area contributed by atoms with E-state index < -0.39 is 6.10 Å². The number of anilines is 1. The van der Waals surface area contributed by atoms with Crippen molar-refractivity contribution in [3.63, 3.8) is 0 Å². The van der Waals surface area contributed by atoms with E-state index in [2.05, 4.69) is 9.97 Å². The van der Waals surface area contributed by atoms with Crippen LogP contribution in [0, 0.1) is 11.2 Å². The van der Waals surface area contributed by atoms with Gasteiger partial charge in [0.15, 0.2) is 11.6 Å². The largest absolute Gasteiger partial charge is 0.391 e. The quantitative estimate of drug-likeness (QED) is 0.847. The van der Waals surface area contributed by atoms with Crippen LogP contribution in [-0.4, -0.2) is 34.3 Å². The van der Waals surface area contributed by atoms with Gasteiger partial charge < -0.3 is 10.0 Å². The van der Waals surface area contributed by atoms with Gasteiger partial charge in [0, 0.05) is 18.5 Å². The van der Waals surface area contributed by atoms with Crippen LogP contribution < -0.4 is 4.90 Å². The number of hydrogen-bond acceptors (Lipinski definition) is 4. The number of rotatable bonds is 2. The fourth-order valence-electron chi connectivity index (χ4n) is 2.14. The van der Waals surface area contributed by atoms with Gasteiger partial charge in [0.2, 0.25) is 0 Å². The fourth-order valence-corrected chi connectivity index (χ4v) is 2.14. The smallest absolute Gasteiger partial charge is 0.187 e. The Morgan fingerprint density at radius 2 is 2.24 bits per heavy atom. The lowest BCUT2D eigenvalue weighted by Crippen LogP contribution is -2.26. The van der Waals surface area contributed by atoms with E-state index in [1.165, 1.54) is 6.33 Å². The van der Waals surface area contributed by atoms with Gasteiger partial charge in [-0.25, -0.2) is 14.4 Å². The molecule has 5 heteroatoms. The molecule has 0 aromatic carbocycles. The molecule has 1 N–H and O–H groups in total. The number of β-amino-alcohol motifs (C(OH)–C–C–N with tert-alkyl or cyclic N) is 1. The van der Waals surface area contributed by atoms with E-state index in [0.29, 0.717) is 31.0 Å². The standard InChI is InChI=1S/C12H18FN3O/c1-4-8-10(13)11(15-7-14-8)16-5-9(17)12(2,3)6-16/h7,9,17H,4-6H2,1-3H3/t9-/m1/s1. The van der Waals surface area contributed by atoms with Crippen LogP contribution in [0.5, 0.6) is 0 Å². The molecule has 0 spiro atoms. The van der Waals surface area contributed by atoms with Gasteiger partial charge in [0.25, 0.3) is 0 Å². The second-order valence-corrected chi connectivity index (χ2v) is 5.20. The van der Waals surface area contributed by atoms with Gasteiger partial charge in [-0.3, -0.25) is 0 Å². The Balaban J connectivity index is 2.31. The molecule has 0 bridgehead atoms. The van der Waals surface area contributed by atoms with Crippen LogP contribution in [0.1, 0.15) is 26.5 Å². The molecule has 0 saturated carbocycles. The predicted molar refractivity (Wildman–Crippen MR) is 63.4 cm³/mol. The average molecular weight is 239 g/mol. The third-order valence-electron chi connectivity index (χ3n) is 3.37. The van der Waals surface area contributed by atoms with E-state index in [9.17, 15) is 9.50 Å². The summed E-state index contributed by atoms with van der Waals surface area (Å²) >= 11 is 0. The minimum absolute atomic E-state index is 0.232. The highest BCUT2D eigenvalue weighted by Gasteiger charge is 2.39. The first-order valence-corrected chi connectivity index (χ1v) is 5.88.